The molecule has 0 radical (unpaired) electrons. The molecule has 4 saturated carbocycles. The first-order valence-corrected chi connectivity index (χ1v) is 31.4. The maximum absolute atomic E-state index is 14.1. The number of ether oxygens (including phenoxy) is 9. The van der Waals surface area contributed by atoms with Gasteiger partial charge in [-0.2, -0.15) is 0 Å². The van der Waals surface area contributed by atoms with E-state index in [1.807, 2.05) is 62.3 Å². The number of rotatable bonds is 19. The average Bonchev–Trinajstić information content (AvgIpc) is 0.817. The van der Waals surface area contributed by atoms with Crippen LogP contribution in [0.5, 0.6) is 0 Å². The van der Waals surface area contributed by atoms with Gasteiger partial charge in [0, 0.05) is 23.8 Å². The van der Waals surface area contributed by atoms with Crippen LogP contribution in [0.3, 0.4) is 0 Å². The second-order valence-electron chi connectivity index (χ2n) is 28.8. The number of fused-ring (bicyclic) bond motifs is 7. The lowest BCUT2D eigenvalue weighted by Gasteiger charge is -2.73. The molecule has 0 spiro atoms. The molecule has 8 aliphatic rings. The van der Waals surface area contributed by atoms with Crippen LogP contribution < -0.4 is 0 Å². The Hall–Kier alpha value is -3.54. The van der Waals surface area contributed by atoms with E-state index in [-0.39, 0.29) is 18.3 Å². The Morgan fingerprint density at radius 3 is 1.86 bits per heavy atom. The van der Waals surface area contributed by atoms with Gasteiger partial charge < -0.3 is 98.8 Å². The van der Waals surface area contributed by atoms with Crippen molar-refractivity contribution in [1.29, 1.82) is 0 Å². The molecule has 27 atom stereocenters. The van der Waals surface area contributed by atoms with Gasteiger partial charge in [-0.1, -0.05) is 91.2 Å². The number of aliphatic hydroxyl groups excluding tert-OH is 10. The van der Waals surface area contributed by atoms with Crippen LogP contribution in [-0.2, 0) is 61.8 Å². The number of carbonyl (C=O) groups excluding carboxylic acids is 3. The molecule has 24 heteroatoms. The number of carboxylic acids is 1. The maximum Gasteiger partial charge on any atom is 0.335 e. The molecule has 24 nitrogen and oxygen atoms in total. The average molecular weight is 1250 g/mol. The number of aliphatic hydroxyl groups is 10. The maximum atomic E-state index is 14.1. The van der Waals surface area contributed by atoms with Crippen LogP contribution in [0.2, 0.25) is 0 Å². The second-order valence-corrected chi connectivity index (χ2v) is 28.8. The van der Waals surface area contributed by atoms with Gasteiger partial charge in [0.15, 0.2) is 43.3 Å². The molecule has 0 bridgehead atoms. The van der Waals surface area contributed by atoms with Crippen LogP contribution in [0.15, 0.2) is 34.9 Å². The van der Waals surface area contributed by atoms with Crippen LogP contribution in [0.1, 0.15) is 148 Å². The van der Waals surface area contributed by atoms with Gasteiger partial charge >= 0.3 is 23.9 Å². The number of hydrogen-bond donors (Lipinski definition) is 11. The lowest BCUT2D eigenvalue weighted by Crippen LogP contribution is -2.76. The standard InChI is InChI=1S/C64H100O24/c1-14-31(5)55(79)88-53-52(84-40(69)24-30(4)17-15-16-29(2)3)59(7,8)25-34-33-18-19-38-61(11)22-21-39(60(9,10)37(61)20-23-62(38,12)63(33,13)50(75)51(76)64(34,53)28-67)83-58-49(87-57-45(74)43(72)41(70)35(26-65)81-57)47(80-32(6)68)46(48(86-58)54(77)78)85-56-44(73)42(71)36(27-66)82-56/h16,18,24,31,34-39,41-53,56-58,65-67,70-76H,14-15,17,19-23,25-28H2,1-13H3,(H,77,78)/b30-24-/t31?,34-,35+,36-,37?,38+,39-,41+,42-,43-,44+,45+,46-,47-,48-,49+,50-,51+,52-,53-,56-,57-,58+,61-,62+,63-,64-/m0/s1. The topological polar surface area (TPSA) is 374 Å². The van der Waals surface area contributed by atoms with Crippen LogP contribution in [0.4, 0.5) is 0 Å². The summed E-state index contributed by atoms with van der Waals surface area (Å²) in [4.78, 5) is 54.5. The summed E-state index contributed by atoms with van der Waals surface area (Å²) in [6.45, 7) is 22.3. The zero-order valence-corrected chi connectivity index (χ0v) is 53.2. The molecule has 0 aromatic carbocycles. The highest BCUT2D eigenvalue weighted by molar-refractivity contribution is 5.83. The minimum atomic E-state index is -2.09. The normalized spacial score (nSPS) is 45.7. The molecule has 11 N–H and O–H groups in total. The van der Waals surface area contributed by atoms with E-state index in [2.05, 4.69) is 26.0 Å². The zero-order valence-electron chi connectivity index (χ0n) is 53.2. The van der Waals surface area contributed by atoms with E-state index in [4.69, 9.17) is 42.6 Å². The minimum absolute atomic E-state index is 0.166. The summed E-state index contributed by atoms with van der Waals surface area (Å²) < 4.78 is 55.5. The zero-order chi connectivity index (χ0) is 65.3. The van der Waals surface area contributed by atoms with Crippen molar-refractivity contribution in [2.24, 2.45) is 56.2 Å². The second kappa shape index (κ2) is 26.5. The summed E-state index contributed by atoms with van der Waals surface area (Å²) in [6.07, 6.45) is -22.0. The SMILES string of the molecule is CCC(C)C(=O)O[C@H]1[C@H](OC(=O)/C=C(/C)CCC=C(C)C)C(C)(C)C[C@H]2C3=CC[C@@H]4[C@@]5(C)CC[C@H](O[C@@H]6O[C@H](C(=O)O)[C@@H](O[C@@H]7O[C@@H](CO)[C@H](O)[C@H]7O)[C@H](OC(C)=O)[C@H]6O[C@@H]6O[C@H](CO)[C@@H](O)[C@H](O)[C@H]6O)C(C)(C)C5CC[C@@]4(C)[C@]3(C)[C@@H](O)[C@@H](O)[C@]21CO. The number of carbonyl (C=O) groups is 4. The van der Waals surface area contributed by atoms with Gasteiger partial charge in [-0.15, -0.1) is 0 Å². The van der Waals surface area contributed by atoms with Crippen molar-refractivity contribution in [1.82, 2.24) is 0 Å². The van der Waals surface area contributed by atoms with E-state index in [0.717, 1.165) is 30.1 Å². The molecular weight excluding hydrogens is 1150 g/mol. The lowest BCUT2D eigenvalue weighted by molar-refractivity contribution is -0.383. The molecule has 7 fully saturated rings. The van der Waals surface area contributed by atoms with Crippen molar-refractivity contribution in [3.8, 4) is 0 Å². The van der Waals surface area contributed by atoms with Gasteiger partial charge in [0.2, 0.25) is 0 Å². The van der Waals surface area contributed by atoms with Gasteiger partial charge in [-0.25, -0.2) is 9.59 Å². The summed E-state index contributed by atoms with van der Waals surface area (Å²) in [5.41, 5.74) is -3.11. The highest BCUT2D eigenvalue weighted by atomic mass is 16.8. The fourth-order valence-corrected chi connectivity index (χ4v) is 17.3. The Bertz CT molecular complexity index is 2620. The fourth-order valence-electron chi connectivity index (χ4n) is 17.3. The third-order valence-corrected chi connectivity index (χ3v) is 22.6. The number of carboxylic acid groups (broad SMARTS) is 1. The van der Waals surface area contributed by atoms with E-state index in [0.29, 0.717) is 44.9 Å². The minimum Gasteiger partial charge on any atom is -0.479 e. The molecule has 8 rings (SSSR count). The van der Waals surface area contributed by atoms with Crippen LogP contribution >= 0.6 is 0 Å². The van der Waals surface area contributed by atoms with Gasteiger partial charge in [-0.3, -0.25) is 9.59 Å². The van der Waals surface area contributed by atoms with Crippen LogP contribution in [0.25, 0.3) is 0 Å². The first-order chi connectivity index (χ1) is 41.1. The molecule has 2 unspecified atom stereocenters. The quantitative estimate of drug-likeness (QED) is 0.0291. The monoisotopic (exact) mass is 1250 g/mol. The van der Waals surface area contributed by atoms with Crippen molar-refractivity contribution in [3.63, 3.8) is 0 Å². The van der Waals surface area contributed by atoms with Crippen LogP contribution in [0, 0.1) is 56.2 Å². The van der Waals surface area contributed by atoms with Gasteiger partial charge in [-0.05, 0) is 113 Å². The number of esters is 3. The molecule has 88 heavy (non-hydrogen) atoms. The summed E-state index contributed by atoms with van der Waals surface area (Å²) >= 11 is 0. The van der Waals surface area contributed by atoms with Crippen molar-refractivity contribution in [2.45, 2.75) is 264 Å². The molecule has 500 valence electrons. The van der Waals surface area contributed by atoms with E-state index in [1.54, 1.807) is 6.92 Å². The Morgan fingerprint density at radius 1 is 0.693 bits per heavy atom. The van der Waals surface area contributed by atoms with Crippen molar-refractivity contribution < 1.29 is 118 Å². The van der Waals surface area contributed by atoms with Gasteiger partial charge in [0.25, 0.3) is 0 Å². The van der Waals surface area contributed by atoms with Crippen molar-refractivity contribution in [2.75, 3.05) is 19.8 Å². The highest BCUT2D eigenvalue weighted by Gasteiger charge is 2.76. The Morgan fingerprint density at radius 2 is 1.30 bits per heavy atom. The molecule has 5 aliphatic carbocycles. The number of allylic oxidation sites excluding steroid dienone is 4. The van der Waals surface area contributed by atoms with Crippen molar-refractivity contribution in [3.05, 3.63) is 34.9 Å². The summed E-state index contributed by atoms with van der Waals surface area (Å²) in [7, 11) is 0. The fraction of sp³-hybridized carbons (Fsp3) is 0.844. The smallest absolute Gasteiger partial charge is 0.335 e. The van der Waals surface area contributed by atoms with Crippen LogP contribution in [-0.4, -0.2) is 216 Å². The molecule has 0 aromatic heterocycles. The Labute approximate surface area is 515 Å². The Balaban J connectivity index is 1.13. The predicted molar refractivity (Wildman–Crippen MR) is 309 cm³/mol. The first-order valence-electron chi connectivity index (χ1n) is 31.4. The molecular formula is C64H100O24. The van der Waals surface area contributed by atoms with Crippen molar-refractivity contribution >= 4 is 23.9 Å². The number of hydrogen-bond acceptors (Lipinski definition) is 23. The third-order valence-electron chi connectivity index (χ3n) is 22.6. The summed E-state index contributed by atoms with van der Waals surface area (Å²) in [5.74, 6) is -5.50. The summed E-state index contributed by atoms with van der Waals surface area (Å²) in [5, 5.41) is 124. The molecule has 0 amide bonds. The lowest BCUT2D eigenvalue weighted by atomic mass is 9.32. The first kappa shape index (κ1) is 70.3. The third kappa shape index (κ3) is 12.1. The van der Waals surface area contributed by atoms with E-state index < -0.39 is 205 Å². The van der Waals surface area contributed by atoms with Gasteiger partial charge in [0.05, 0.1) is 49.5 Å². The highest BCUT2D eigenvalue weighted by Crippen LogP contribution is 2.76. The number of aliphatic carboxylic acids is 1. The van der Waals surface area contributed by atoms with E-state index in [1.165, 1.54) is 6.08 Å². The van der Waals surface area contributed by atoms with Gasteiger partial charge in [0.1, 0.15) is 54.9 Å². The predicted octanol–water partition coefficient (Wildman–Crippen LogP) is 2.64. The Kier molecular flexibility index (Phi) is 21.1. The molecule has 3 aliphatic heterocycles. The molecule has 3 heterocycles. The van der Waals surface area contributed by atoms with E-state index in [9.17, 15) is 75.3 Å². The largest absolute Gasteiger partial charge is 0.479 e. The molecule has 0 aromatic rings. The molecule has 3 saturated heterocycles. The van der Waals surface area contributed by atoms with E-state index >= 15 is 0 Å². The summed E-state index contributed by atoms with van der Waals surface area (Å²) in [6, 6.07) is 0.